The number of carboxylic acid groups (broad SMARTS) is 1. The molecule has 0 fully saturated rings. The van der Waals surface area contributed by atoms with E-state index in [1.165, 1.54) is 0 Å². The number of hydrogen-bond acceptors (Lipinski definition) is 4. The number of halogens is 1. The van der Waals surface area contributed by atoms with Crippen LogP contribution in [0.2, 0.25) is 5.02 Å². The molecule has 0 unspecified atom stereocenters. The molecule has 0 spiro atoms. The Labute approximate surface area is 165 Å². The van der Waals surface area contributed by atoms with Crippen molar-refractivity contribution in [3.63, 3.8) is 0 Å². The van der Waals surface area contributed by atoms with Gasteiger partial charge in [-0.1, -0.05) is 41.9 Å². The molecule has 138 valence electrons. The Morgan fingerprint density at radius 3 is 2.44 bits per heavy atom. The second-order valence-electron chi connectivity index (χ2n) is 6.09. The Morgan fingerprint density at radius 2 is 1.78 bits per heavy atom. The number of nitrogens with one attached hydrogen (secondary N) is 1. The Morgan fingerprint density at radius 1 is 1.11 bits per heavy atom. The molecule has 2 aromatic carbocycles. The maximum atomic E-state index is 12.5. The predicted molar refractivity (Wildman–Crippen MR) is 108 cm³/mol. The number of aromatic nitrogens is 1. The van der Waals surface area contributed by atoms with Crippen molar-refractivity contribution in [3.05, 3.63) is 68.5 Å². The number of thiazole rings is 1. The highest BCUT2D eigenvalue weighted by molar-refractivity contribution is 7.14. The van der Waals surface area contributed by atoms with Crippen molar-refractivity contribution in [1.29, 1.82) is 0 Å². The van der Waals surface area contributed by atoms with Gasteiger partial charge >= 0.3 is 5.97 Å². The van der Waals surface area contributed by atoms with Crippen molar-refractivity contribution in [2.75, 3.05) is 5.32 Å². The lowest BCUT2D eigenvalue weighted by Gasteiger charge is -2.10. The van der Waals surface area contributed by atoms with Gasteiger partial charge < -0.3 is 10.4 Å². The molecule has 3 aromatic rings. The van der Waals surface area contributed by atoms with Gasteiger partial charge in [-0.05, 0) is 48.2 Å². The maximum absolute atomic E-state index is 12.5. The standard InChI is InChI=1S/C20H17ClN2O3S/c1-11-3-4-14(13-5-7-16(21)8-6-13)9-15(11)10-17(24)23-19-18(20(25)26)27-12(2)22-19/h3-9H,10H2,1-2H3,(H,23,24)(H,25,26). The second-order valence-corrected chi connectivity index (χ2v) is 7.73. The van der Waals surface area contributed by atoms with E-state index in [1.54, 1.807) is 6.92 Å². The van der Waals surface area contributed by atoms with E-state index in [2.05, 4.69) is 10.3 Å². The second kappa shape index (κ2) is 7.90. The van der Waals surface area contributed by atoms with Gasteiger partial charge in [0.2, 0.25) is 5.91 Å². The van der Waals surface area contributed by atoms with Crippen molar-refractivity contribution >= 4 is 40.6 Å². The Bertz CT molecular complexity index is 1010. The van der Waals surface area contributed by atoms with Crippen molar-refractivity contribution in [2.24, 2.45) is 0 Å². The van der Waals surface area contributed by atoms with Crippen LogP contribution in [0.4, 0.5) is 5.82 Å². The number of rotatable bonds is 5. The highest BCUT2D eigenvalue weighted by Gasteiger charge is 2.18. The molecule has 5 nitrogen and oxygen atoms in total. The molecular formula is C20H17ClN2O3S. The Balaban J connectivity index is 1.81. The smallest absolute Gasteiger partial charge is 0.349 e. The van der Waals surface area contributed by atoms with E-state index < -0.39 is 5.97 Å². The molecule has 0 bridgehead atoms. The number of carbonyl (C=O) groups is 2. The molecule has 0 atom stereocenters. The minimum atomic E-state index is -1.10. The van der Waals surface area contributed by atoms with Crippen LogP contribution >= 0.6 is 22.9 Å². The molecule has 27 heavy (non-hydrogen) atoms. The first-order chi connectivity index (χ1) is 12.8. The third kappa shape index (κ3) is 4.53. The number of amides is 1. The van der Waals surface area contributed by atoms with Gasteiger partial charge in [0.25, 0.3) is 0 Å². The molecular weight excluding hydrogens is 384 g/mol. The van der Waals surface area contributed by atoms with E-state index in [9.17, 15) is 14.7 Å². The van der Waals surface area contributed by atoms with Crippen LogP contribution in [0.1, 0.15) is 25.8 Å². The van der Waals surface area contributed by atoms with Gasteiger partial charge in [0.05, 0.1) is 11.4 Å². The lowest BCUT2D eigenvalue weighted by Crippen LogP contribution is -2.17. The molecule has 7 heteroatoms. The zero-order chi connectivity index (χ0) is 19.6. The average Bonchev–Trinajstić information content (AvgIpc) is 2.98. The van der Waals surface area contributed by atoms with Gasteiger partial charge in [-0.25, -0.2) is 9.78 Å². The summed E-state index contributed by atoms with van der Waals surface area (Å²) in [6, 6.07) is 13.4. The van der Waals surface area contributed by atoms with Crippen molar-refractivity contribution in [3.8, 4) is 11.1 Å². The van der Waals surface area contributed by atoms with E-state index in [0.29, 0.717) is 10.0 Å². The normalized spacial score (nSPS) is 10.6. The average molecular weight is 401 g/mol. The summed E-state index contributed by atoms with van der Waals surface area (Å²) in [5.74, 6) is -1.31. The first-order valence-electron chi connectivity index (χ1n) is 8.19. The van der Waals surface area contributed by atoms with Gasteiger partial charge in [0.15, 0.2) is 10.7 Å². The van der Waals surface area contributed by atoms with E-state index in [-0.39, 0.29) is 23.0 Å². The number of hydrogen-bond donors (Lipinski definition) is 2. The molecule has 0 aliphatic rings. The van der Waals surface area contributed by atoms with Gasteiger partial charge in [0.1, 0.15) is 0 Å². The molecule has 0 aliphatic heterocycles. The molecule has 2 N–H and O–H groups in total. The van der Waals surface area contributed by atoms with Gasteiger partial charge in [-0.15, -0.1) is 11.3 Å². The largest absolute Gasteiger partial charge is 0.477 e. The summed E-state index contributed by atoms with van der Waals surface area (Å²) in [5.41, 5.74) is 3.83. The fourth-order valence-electron chi connectivity index (χ4n) is 2.69. The van der Waals surface area contributed by atoms with Crippen LogP contribution in [0, 0.1) is 13.8 Å². The molecule has 0 saturated heterocycles. The lowest BCUT2D eigenvalue weighted by atomic mass is 9.98. The monoisotopic (exact) mass is 400 g/mol. The summed E-state index contributed by atoms with van der Waals surface area (Å²) in [6.07, 6.45) is 0.128. The van der Waals surface area contributed by atoms with Gasteiger partial charge in [-0.2, -0.15) is 0 Å². The third-order valence-electron chi connectivity index (χ3n) is 4.06. The fourth-order valence-corrected chi connectivity index (χ4v) is 3.53. The van der Waals surface area contributed by atoms with Crippen LogP contribution in [0.3, 0.4) is 0 Å². The Kier molecular flexibility index (Phi) is 5.58. The molecule has 1 amide bonds. The molecule has 0 aliphatic carbocycles. The fraction of sp³-hybridized carbons (Fsp3) is 0.150. The van der Waals surface area contributed by atoms with E-state index in [4.69, 9.17) is 11.6 Å². The van der Waals surface area contributed by atoms with E-state index in [1.807, 2.05) is 49.4 Å². The maximum Gasteiger partial charge on any atom is 0.349 e. The SMILES string of the molecule is Cc1nc(NC(=O)Cc2cc(-c3ccc(Cl)cc3)ccc2C)c(C(=O)O)s1. The van der Waals surface area contributed by atoms with Gasteiger partial charge in [-0.3, -0.25) is 4.79 Å². The zero-order valence-corrected chi connectivity index (χ0v) is 16.3. The minimum absolute atomic E-state index is 0.0347. The number of aryl methyl sites for hydroxylation is 2. The highest BCUT2D eigenvalue weighted by atomic mass is 35.5. The number of anilines is 1. The van der Waals surface area contributed by atoms with Crippen LogP contribution in [-0.2, 0) is 11.2 Å². The van der Waals surface area contributed by atoms with E-state index >= 15 is 0 Å². The number of aromatic carboxylic acids is 1. The van der Waals surface area contributed by atoms with E-state index in [0.717, 1.165) is 33.6 Å². The Hall–Kier alpha value is -2.70. The molecule has 3 rings (SSSR count). The topological polar surface area (TPSA) is 79.3 Å². The first kappa shape index (κ1) is 19.1. The van der Waals surface area contributed by atoms with Crippen LogP contribution < -0.4 is 5.32 Å². The lowest BCUT2D eigenvalue weighted by molar-refractivity contribution is -0.115. The number of carboxylic acids is 1. The van der Waals surface area contributed by atoms with Gasteiger partial charge in [0, 0.05) is 5.02 Å². The highest BCUT2D eigenvalue weighted by Crippen LogP contribution is 2.26. The number of carbonyl (C=O) groups excluding carboxylic acids is 1. The minimum Gasteiger partial charge on any atom is -0.477 e. The van der Waals surface area contributed by atoms with Crippen LogP contribution in [-0.4, -0.2) is 22.0 Å². The van der Waals surface area contributed by atoms with Crippen molar-refractivity contribution in [2.45, 2.75) is 20.3 Å². The van der Waals surface area contributed by atoms with Crippen LogP contribution in [0.5, 0.6) is 0 Å². The molecule has 0 radical (unpaired) electrons. The summed E-state index contributed by atoms with van der Waals surface area (Å²) >= 11 is 6.98. The zero-order valence-electron chi connectivity index (χ0n) is 14.7. The summed E-state index contributed by atoms with van der Waals surface area (Å²) < 4.78 is 0. The number of benzene rings is 2. The summed E-state index contributed by atoms with van der Waals surface area (Å²) in [6.45, 7) is 3.64. The first-order valence-corrected chi connectivity index (χ1v) is 9.39. The van der Waals surface area contributed by atoms with Crippen molar-refractivity contribution in [1.82, 2.24) is 4.98 Å². The van der Waals surface area contributed by atoms with Crippen LogP contribution in [0.25, 0.3) is 11.1 Å². The summed E-state index contributed by atoms with van der Waals surface area (Å²) in [4.78, 5) is 27.9. The van der Waals surface area contributed by atoms with Crippen LogP contribution in [0.15, 0.2) is 42.5 Å². The number of nitrogens with zero attached hydrogens (tertiary/aromatic N) is 1. The molecule has 0 saturated carbocycles. The molecule has 1 heterocycles. The third-order valence-corrected chi connectivity index (χ3v) is 5.27. The quantitative estimate of drug-likeness (QED) is 0.634. The predicted octanol–water partition coefficient (Wildman–Crippen LogP) is 4.96. The van der Waals surface area contributed by atoms with Crippen molar-refractivity contribution < 1.29 is 14.7 Å². The summed E-state index contributed by atoms with van der Waals surface area (Å²) in [5, 5.41) is 13.1. The molecule has 1 aromatic heterocycles. The summed E-state index contributed by atoms with van der Waals surface area (Å²) in [7, 11) is 0.